The van der Waals surface area contributed by atoms with Gasteiger partial charge in [0.25, 0.3) is 0 Å². The van der Waals surface area contributed by atoms with Gasteiger partial charge in [0.1, 0.15) is 0 Å². The Hall–Kier alpha value is -1.80. The van der Waals surface area contributed by atoms with Crippen LogP contribution < -0.4 is 5.73 Å². The summed E-state index contributed by atoms with van der Waals surface area (Å²) in [5.74, 6) is 2.21. The van der Waals surface area contributed by atoms with E-state index >= 15 is 0 Å². The number of halogens is 1. The predicted octanol–water partition coefficient (Wildman–Crippen LogP) is 4.65. The van der Waals surface area contributed by atoms with Crippen molar-refractivity contribution in [2.24, 2.45) is 17.6 Å². The van der Waals surface area contributed by atoms with Crippen LogP contribution in [0.4, 0.5) is 0 Å². The van der Waals surface area contributed by atoms with Crippen molar-refractivity contribution in [2.75, 3.05) is 0 Å². The van der Waals surface area contributed by atoms with Crippen molar-refractivity contribution in [3.05, 3.63) is 58.1 Å². The van der Waals surface area contributed by atoms with Gasteiger partial charge in [0.05, 0.1) is 6.42 Å². The van der Waals surface area contributed by atoms with Crippen molar-refractivity contribution < 1.29 is 4.79 Å². The molecule has 2 saturated carbocycles. The van der Waals surface area contributed by atoms with E-state index < -0.39 is 0 Å². The molecule has 5 rings (SSSR count). The van der Waals surface area contributed by atoms with Crippen molar-refractivity contribution in [1.29, 1.82) is 0 Å². The Morgan fingerprint density at radius 3 is 2.33 bits per heavy atom. The molecule has 3 aliphatic rings. The highest BCUT2D eigenvalue weighted by Gasteiger charge is 2.52. The van der Waals surface area contributed by atoms with Crippen molar-refractivity contribution in [3.8, 4) is 11.1 Å². The molecule has 4 atom stereocenters. The van der Waals surface area contributed by atoms with Gasteiger partial charge in [-0.2, -0.15) is 0 Å². The maximum Gasteiger partial charge on any atom is 0.221 e. The molecular formula is C21H20ClNO. The quantitative estimate of drug-likeness (QED) is 0.851. The highest BCUT2D eigenvalue weighted by atomic mass is 35.5. The maximum absolute atomic E-state index is 11.6. The fourth-order valence-corrected chi connectivity index (χ4v) is 6.12. The van der Waals surface area contributed by atoms with Crippen LogP contribution in [0.25, 0.3) is 11.1 Å². The number of fused-ring (bicyclic) bond motifs is 10. The van der Waals surface area contributed by atoms with E-state index in [9.17, 15) is 4.79 Å². The lowest BCUT2D eigenvalue weighted by atomic mass is 9.64. The minimum atomic E-state index is -0.250. The van der Waals surface area contributed by atoms with E-state index in [1.165, 1.54) is 41.5 Å². The Morgan fingerprint density at radius 1 is 1.00 bits per heavy atom. The van der Waals surface area contributed by atoms with Gasteiger partial charge in [-0.3, -0.25) is 4.79 Å². The van der Waals surface area contributed by atoms with E-state index in [4.69, 9.17) is 17.3 Å². The molecule has 4 unspecified atom stereocenters. The summed E-state index contributed by atoms with van der Waals surface area (Å²) in [4.78, 5) is 11.6. The average Bonchev–Trinajstić information content (AvgIpc) is 3.16. The third-order valence-corrected chi connectivity index (χ3v) is 6.82. The third-order valence-electron chi connectivity index (χ3n) is 6.49. The molecule has 0 aliphatic heterocycles. The van der Waals surface area contributed by atoms with Crippen LogP contribution >= 0.6 is 11.6 Å². The monoisotopic (exact) mass is 337 g/mol. The van der Waals surface area contributed by atoms with Crippen LogP contribution in [-0.4, -0.2) is 5.91 Å². The van der Waals surface area contributed by atoms with E-state index in [0.29, 0.717) is 18.3 Å². The molecule has 2 bridgehead atoms. The molecule has 0 aromatic heterocycles. The van der Waals surface area contributed by atoms with Gasteiger partial charge in [0.15, 0.2) is 0 Å². The molecule has 2 aromatic rings. The lowest BCUT2D eigenvalue weighted by molar-refractivity contribution is -0.117. The van der Waals surface area contributed by atoms with Gasteiger partial charge >= 0.3 is 0 Å². The number of nitrogens with two attached hydrogens (primary N) is 1. The van der Waals surface area contributed by atoms with E-state index in [2.05, 4.69) is 24.3 Å². The van der Waals surface area contributed by atoms with Crippen molar-refractivity contribution in [2.45, 2.75) is 37.5 Å². The van der Waals surface area contributed by atoms with E-state index in [1.54, 1.807) is 0 Å². The topological polar surface area (TPSA) is 43.1 Å². The van der Waals surface area contributed by atoms with Gasteiger partial charge in [0.2, 0.25) is 5.91 Å². The number of primary amides is 1. The van der Waals surface area contributed by atoms with Gasteiger partial charge < -0.3 is 5.73 Å². The zero-order valence-electron chi connectivity index (χ0n) is 13.5. The van der Waals surface area contributed by atoms with Gasteiger partial charge in [-0.15, -0.1) is 0 Å². The average molecular weight is 338 g/mol. The molecule has 2 aromatic carbocycles. The SMILES string of the molecule is NC(=O)Cc1cccc2c1C1C3CCC(C3)C1c1c(Cl)cccc1-2. The smallest absolute Gasteiger partial charge is 0.221 e. The Labute approximate surface area is 147 Å². The summed E-state index contributed by atoms with van der Waals surface area (Å²) in [6.07, 6.45) is 4.24. The van der Waals surface area contributed by atoms with E-state index in [-0.39, 0.29) is 5.91 Å². The first-order valence-electron chi connectivity index (χ1n) is 8.84. The zero-order chi connectivity index (χ0) is 16.4. The number of rotatable bonds is 2. The summed E-state index contributed by atoms with van der Waals surface area (Å²) in [6, 6.07) is 12.6. The summed E-state index contributed by atoms with van der Waals surface area (Å²) in [5, 5.41) is 0.904. The fraction of sp³-hybridized carbons (Fsp3) is 0.381. The Kier molecular flexibility index (Phi) is 3.09. The second-order valence-corrected chi connectivity index (χ2v) is 8.01. The second kappa shape index (κ2) is 5.10. The molecule has 2 nitrogen and oxygen atoms in total. The van der Waals surface area contributed by atoms with E-state index in [1.807, 2.05) is 12.1 Å². The number of hydrogen-bond donors (Lipinski definition) is 1. The lowest BCUT2D eigenvalue weighted by Gasteiger charge is -2.40. The highest BCUT2D eigenvalue weighted by Crippen LogP contribution is 2.66. The molecule has 0 radical (unpaired) electrons. The van der Waals surface area contributed by atoms with Crippen LogP contribution in [0.2, 0.25) is 5.02 Å². The zero-order valence-corrected chi connectivity index (χ0v) is 14.2. The van der Waals surface area contributed by atoms with Gasteiger partial charge in [-0.1, -0.05) is 41.9 Å². The van der Waals surface area contributed by atoms with Crippen LogP contribution in [0.5, 0.6) is 0 Å². The number of hydrogen-bond acceptors (Lipinski definition) is 1. The van der Waals surface area contributed by atoms with Crippen LogP contribution in [0.3, 0.4) is 0 Å². The first-order chi connectivity index (χ1) is 11.6. The molecule has 2 N–H and O–H groups in total. The fourth-order valence-electron chi connectivity index (χ4n) is 5.82. The second-order valence-electron chi connectivity index (χ2n) is 7.61. The Morgan fingerprint density at radius 2 is 1.62 bits per heavy atom. The molecule has 24 heavy (non-hydrogen) atoms. The van der Waals surface area contributed by atoms with Crippen molar-refractivity contribution >= 4 is 17.5 Å². The van der Waals surface area contributed by atoms with Gasteiger partial charge in [-0.25, -0.2) is 0 Å². The minimum Gasteiger partial charge on any atom is -0.369 e. The molecular weight excluding hydrogens is 318 g/mol. The van der Waals surface area contributed by atoms with Crippen LogP contribution in [0.1, 0.15) is 47.8 Å². The van der Waals surface area contributed by atoms with Crippen molar-refractivity contribution in [3.63, 3.8) is 0 Å². The molecule has 122 valence electrons. The summed E-state index contributed by atoms with van der Waals surface area (Å²) in [7, 11) is 0. The molecule has 0 spiro atoms. The molecule has 0 saturated heterocycles. The summed E-state index contributed by atoms with van der Waals surface area (Å²) >= 11 is 6.66. The van der Waals surface area contributed by atoms with Crippen molar-refractivity contribution in [1.82, 2.24) is 0 Å². The lowest BCUT2D eigenvalue weighted by Crippen LogP contribution is -2.26. The molecule has 1 amide bonds. The predicted molar refractivity (Wildman–Crippen MR) is 96.1 cm³/mol. The third kappa shape index (κ3) is 1.86. The van der Waals surface area contributed by atoms with Gasteiger partial charge in [-0.05, 0) is 76.8 Å². The highest BCUT2D eigenvalue weighted by molar-refractivity contribution is 6.32. The number of amides is 1. The summed E-state index contributed by atoms with van der Waals surface area (Å²) in [5.41, 5.74) is 11.9. The number of benzene rings is 2. The number of carbonyl (C=O) groups is 1. The molecule has 3 heteroatoms. The largest absolute Gasteiger partial charge is 0.369 e. The first-order valence-corrected chi connectivity index (χ1v) is 9.22. The summed E-state index contributed by atoms with van der Waals surface area (Å²) in [6.45, 7) is 0. The number of carbonyl (C=O) groups excluding carboxylic acids is 1. The standard InChI is InChI=1S/C21H20ClNO/c22-16-6-2-5-15-14-4-1-3-11(10-17(23)24)18(14)19-12-7-8-13(9-12)20(19)21(15)16/h1-6,12-13,19-20H,7-10H2,(H2,23,24). The molecule has 2 fully saturated rings. The van der Waals surface area contributed by atoms with E-state index in [0.717, 1.165) is 22.4 Å². The molecule has 0 heterocycles. The van der Waals surface area contributed by atoms with Crippen LogP contribution in [-0.2, 0) is 11.2 Å². The molecule has 3 aliphatic carbocycles. The normalized spacial score (nSPS) is 29.0. The Bertz CT molecular complexity index is 859. The minimum absolute atomic E-state index is 0.250. The summed E-state index contributed by atoms with van der Waals surface area (Å²) < 4.78 is 0. The first kappa shape index (κ1) is 14.5. The van der Waals surface area contributed by atoms with Crippen LogP contribution in [0.15, 0.2) is 36.4 Å². The van der Waals surface area contributed by atoms with Crippen LogP contribution in [0, 0.1) is 11.8 Å². The van der Waals surface area contributed by atoms with Gasteiger partial charge in [0, 0.05) is 5.02 Å². The maximum atomic E-state index is 11.6. The Balaban J connectivity index is 1.81.